The summed E-state index contributed by atoms with van der Waals surface area (Å²) in [6.07, 6.45) is 2.91. The second-order valence-electron chi connectivity index (χ2n) is 4.08. The van der Waals surface area contributed by atoms with Gasteiger partial charge in [0.05, 0.1) is 16.3 Å². The second-order valence-corrected chi connectivity index (χ2v) is 7.33. The Morgan fingerprint density at radius 2 is 1.95 bits per heavy atom. The van der Waals surface area contributed by atoms with Crippen LogP contribution in [0.15, 0.2) is 54.1 Å². The smallest absolute Gasteiger partial charge is 0.184 e. The Labute approximate surface area is 130 Å². The summed E-state index contributed by atoms with van der Waals surface area (Å²) < 4.78 is 38.2. The van der Waals surface area contributed by atoms with E-state index in [1.807, 2.05) is 22.6 Å². The molecule has 0 aliphatic carbocycles. The molecule has 0 spiro atoms. The fourth-order valence-electron chi connectivity index (χ4n) is 1.73. The van der Waals surface area contributed by atoms with E-state index in [0.717, 1.165) is 3.57 Å². The van der Waals surface area contributed by atoms with Gasteiger partial charge in [-0.15, -0.1) is 6.58 Å². The molecule has 2 rings (SSSR count). The van der Waals surface area contributed by atoms with E-state index in [2.05, 4.69) is 11.6 Å². The molecule has 0 unspecified atom stereocenters. The van der Waals surface area contributed by atoms with Gasteiger partial charge in [-0.05, 0) is 52.9 Å². The van der Waals surface area contributed by atoms with E-state index in [1.165, 1.54) is 30.3 Å². The average molecular weight is 403 g/mol. The number of pyridine rings is 1. The first-order chi connectivity index (χ1) is 9.44. The molecule has 0 fully saturated rings. The molecule has 0 aliphatic heterocycles. The molecule has 0 amide bonds. The molecule has 0 radical (unpaired) electrons. The quantitative estimate of drug-likeness (QED) is 0.581. The number of nitrogens with zero attached hydrogens (tertiary/aromatic N) is 1. The van der Waals surface area contributed by atoms with Crippen LogP contribution in [0.4, 0.5) is 4.39 Å². The maximum absolute atomic E-state index is 13.0. The largest absolute Gasteiger partial charge is 0.254 e. The standard InChI is InChI=1S/C14H11FINO2S/c1-2-7-20(18,19)13-8-12(16)9-17-14(13)10-3-5-11(15)6-4-10/h2-6,8-9H,1,7H2. The summed E-state index contributed by atoms with van der Waals surface area (Å²) in [7, 11) is -3.50. The number of benzene rings is 1. The van der Waals surface area contributed by atoms with Crippen molar-refractivity contribution in [1.29, 1.82) is 0 Å². The van der Waals surface area contributed by atoms with Gasteiger partial charge in [0.15, 0.2) is 9.84 Å². The maximum Gasteiger partial charge on any atom is 0.184 e. The molecule has 104 valence electrons. The molecule has 1 aromatic carbocycles. The van der Waals surface area contributed by atoms with Crippen LogP contribution in [-0.4, -0.2) is 19.2 Å². The van der Waals surface area contributed by atoms with Gasteiger partial charge in [-0.1, -0.05) is 6.08 Å². The number of hydrogen-bond acceptors (Lipinski definition) is 3. The monoisotopic (exact) mass is 403 g/mol. The summed E-state index contributed by atoms with van der Waals surface area (Å²) in [6.45, 7) is 3.46. The van der Waals surface area contributed by atoms with Gasteiger partial charge in [0, 0.05) is 15.3 Å². The summed E-state index contributed by atoms with van der Waals surface area (Å²) in [5.74, 6) is -0.544. The van der Waals surface area contributed by atoms with E-state index < -0.39 is 9.84 Å². The third kappa shape index (κ3) is 3.24. The van der Waals surface area contributed by atoms with Crippen LogP contribution in [-0.2, 0) is 9.84 Å². The van der Waals surface area contributed by atoms with Crippen molar-refractivity contribution in [2.45, 2.75) is 4.90 Å². The summed E-state index contributed by atoms with van der Waals surface area (Å²) in [4.78, 5) is 4.32. The van der Waals surface area contributed by atoms with Crippen LogP contribution in [0.5, 0.6) is 0 Å². The predicted octanol–water partition coefficient (Wildman–Crippen LogP) is 3.45. The highest BCUT2D eigenvalue weighted by atomic mass is 127. The predicted molar refractivity (Wildman–Crippen MR) is 84.6 cm³/mol. The Morgan fingerprint density at radius 3 is 2.55 bits per heavy atom. The van der Waals surface area contributed by atoms with Gasteiger partial charge < -0.3 is 0 Å². The molecule has 1 heterocycles. The van der Waals surface area contributed by atoms with Gasteiger partial charge in [-0.25, -0.2) is 12.8 Å². The first kappa shape index (κ1) is 15.1. The van der Waals surface area contributed by atoms with Crippen LogP contribution in [0.1, 0.15) is 0 Å². The van der Waals surface area contributed by atoms with Gasteiger partial charge in [-0.2, -0.15) is 0 Å². The van der Waals surface area contributed by atoms with Crippen LogP contribution in [0, 0.1) is 9.39 Å². The van der Waals surface area contributed by atoms with E-state index in [9.17, 15) is 12.8 Å². The van der Waals surface area contributed by atoms with Crippen LogP contribution < -0.4 is 0 Å². The Balaban J connectivity index is 2.65. The number of sulfone groups is 1. The first-order valence-electron chi connectivity index (χ1n) is 5.69. The van der Waals surface area contributed by atoms with Gasteiger partial charge in [-0.3, -0.25) is 4.98 Å². The molecule has 6 heteroatoms. The fraction of sp³-hybridized carbons (Fsp3) is 0.0714. The lowest BCUT2D eigenvalue weighted by molar-refractivity contribution is 0.599. The van der Waals surface area contributed by atoms with Gasteiger partial charge in [0.2, 0.25) is 0 Å². The third-order valence-electron chi connectivity index (χ3n) is 2.61. The van der Waals surface area contributed by atoms with E-state index >= 15 is 0 Å². The topological polar surface area (TPSA) is 47.0 Å². The van der Waals surface area contributed by atoms with Gasteiger partial charge in [0.1, 0.15) is 5.82 Å². The lowest BCUT2D eigenvalue weighted by atomic mass is 10.1. The summed E-state index contributed by atoms with van der Waals surface area (Å²) >= 11 is 2.00. The molecular weight excluding hydrogens is 392 g/mol. The van der Waals surface area contributed by atoms with Crippen molar-refractivity contribution in [2.75, 3.05) is 5.75 Å². The van der Waals surface area contributed by atoms with Crippen LogP contribution in [0.25, 0.3) is 11.3 Å². The van der Waals surface area contributed by atoms with Crippen molar-refractivity contribution in [3.63, 3.8) is 0 Å². The van der Waals surface area contributed by atoms with Gasteiger partial charge in [0.25, 0.3) is 0 Å². The summed E-state index contributed by atoms with van der Waals surface area (Å²) in [5.41, 5.74) is 0.887. The van der Waals surface area contributed by atoms with Crippen LogP contribution in [0.2, 0.25) is 0 Å². The van der Waals surface area contributed by atoms with E-state index in [4.69, 9.17) is 0 Å². The van der Waals surface area contributed by atoms with Crippen molar-refractivity contribution in [3.05, 3.63) is 58.6 Å². The fourth-order valence-corrected chi connectivity index (χ4v) is 3.65. The van der Waals surface area contributed by atoms with Gasteiger partial charge >= 0.3 is 0 Å². The molecule has 0 bridgehead atoms. The minimum Gasteiger partial charge on any atom is -0.254 e. The molecule has 0 saturated carbocycles. The maximum atomic E-state index is 13.0. The minimum absolute atomic E-state index is 0.135. The zero-order valence-corrected chi connectivity index (χ0v) is 13.4. The normalized spacial score (nSPS) is 11.3. The molecule has 0 aliphatic rings. The molecule has 3 nitrogen and oxygen atoms in total. The minimum atomic E-state index is -3.50. The lowest BCUT2D eigenvalue weighted by Crippen LogP contribution is -2.08. The third-order valence-corrected chi connectivity index (χ3v) is 4.86. The number of rotatable bonds is 4. The SMILES string of the molecule is C=CCS(=O)(=O)c1cc(I)cnc1-c1ccc(F)cc1. The van der Waals surface area contributed by atoms with Crippen LogP contribution >= 0.6 is 22.6 Å². The zero-order valence-electron chi connectivity index (χ0n) is 10.4. The summed E-state index contributed by atoms with van der Waals surface area (Å²) in [5, 5.41) is 0. The number of aromatic nitrogens is 1. The number of hydrogen-bond donors (Lipinski definition) is 0. The molecule has 2 aromatic rings. The Hall–Kier alpha value is -1.28. The Morgan fingerprint density at radius 1 is 1.30 bits per heavy atom. The van der Waals surface area contributed by atoms with Crippen molar-refractivity contribution < 1.29 is 12.8 Å². The highest BCUT2D eigenvalue weighted by Gasteiger charge is 2.20. The van der Waals surface area contributed by atoms with Crippen molar-refractivity contribution in [1.82, 2.24) is 4.98 Å². The first-order valence-corrected chi connectivity index (χ1v) is 8.42. The average Bonchev–Trinajstić information content (AvgIpc) is 2.40. The molecule has 1 aromatic heterocycles. The molecule has 0 saturated heterocycles. The van der Waals surface area contributed by atoms with E-state index in [0.29, 0.717) is 11.3 Å². The highest BCUT2D eigenvalue weighted by molar-refractivity contribution is 14.1. The number of halogens is 2. The summed E-state index contributed by atoms with van der Waals surface area (Å²) in [6, 6.07) is 7.14. The lowest BCUT2D eigenvalue weighted by Gasteiger charge is -2.09. The van der Waals surface area contributed by atoms with E-state index in [-0.39, 0.29) is 16.5 Å². The molecule has 0 N–H and O–H groups in total. The highest BCUT2D eigenvalue weighted by Crippen LogP contribution is 2.27. The van der Waals surface area contributed by atoms with Crippen molar-refractivity contribution in [3.8, 4) is 11.3 Å². The van der Waals surface area contributed by atoms with Crippen molar-refractivity contribution in [2.24, 2.45) is 0 Å². The van der Waals surface area contributed by atoms with Crippen molar-refractivity contribution >= 4 is 32.4 Å². The van der Waals surface area contributed by atoms with E-state index in [1.54, 1.807) is 12.3 Å². The molecular formula is C14H11FINO2S. The Kier molecular flexibility index (Phi) is 4.54. The second kappa shape index (κ2) is 6.01. The molecule has 20 heavy (non-hydrogen) atoms. The molecule has 0 atom stereocenters. The van der Waals surface area contributed by atoms with Crippen LogP contribution in [0.3, 0.4) is 0 Å². The Bertz CT molecular complexity index is 742. The zero-order chi connectivity index (χ0) is 14.8.